The molecule has 0 spiro atoms. The van der Waals surface area contributed by atoms with Crippen LogP contribution in [0.15, 0.2) is 24.5 Å². The van der Waals surface area contributed by atoms with Crippen molar-refractivity contribution < 1.29 is 0 Å². The van der Waals surface area contributed by atoms with Crippen molar-refractivity contribution in [3.8, 4) is 0 Å². The molecule has 2 atom stereocenters. The zero-order valence-corrected chi connectivity index (χ0v) is 11.6. The lowest BCUT2D eigenvalue weighted by Crippen LogP contribution is -2.58. The first-order valence-electron chi connectivity index (χ1n) is 6.67. The SMILES string of the molecule is CC1CNCC(CN(C)C)N1Cc1cccnc1. The summed E-state index contributed by atoms with van der Waals surface area (Å²) in [5.41, 5.74) is 1.30. The van der Waals surface area contributed by atoms with Crippen LogP contribution in [0.4, 0.5) is 0 Å². The molecule has 18 heavy (non-hydrogen) atoms. The predicted molar refractivity (Wildman–Crippen MR) is 74.5 cm³/mol. The van der Waals surface area contributed by atoms with E-state index in [2.05, 4.69) is 47.2 Å². The van der Waals surface area contributed by atoms with Crippen molar-refractivity contribution >= 4 is 0 Å². The summed E-state index contributed by atoms with van der Waals surface area (Å²) in [6.45, 7) is 6.53. The molecular weight excluding hydrogens is 224 g/mol. The molecule has 2 unspecified atom stereocenters. The van der Waals surface area contributed by atoms with Crippen molar-refractivity contribution in [2.75, 3.05) is 33.7 Å². The summed E-state index contributed by atoms with van der Waals surface area (Å²) in [6.07, 6.45) is 3.81. The van der Waals surface area contributed by atoms with Gasteiger partial charge in [-0.05, 0) is 32.6 Å². The van der Waals surface area contributed by atoms with Crippen molar-refractivity contribution in [1.29, 1.82) is 0 Å². The highest BCUT2D eigenvalue weighted by Crippen LogP contribution is 2.15. The fraction of sp³-hybridized carbons (Fsp3) is 0.643. The average molecular weight is 248 g/mol. The van der Waals surface area contributed by atoms with E-state index in [9.17, 15) is 0 Å². The molecule has 1 aliphatic heterocycles. The number of hydrogen-bond donors (Lipinski definition) is 1. The van der Waals surface area contributed by atoms with E-state index in [1.54, 1.807) is 0 Å². The van der Waals surface area contributed by atoms with Gasteiger partial charge in [-0.25, -0.2) is 0 Å². The largest absolute Gasteiger partial charge is 0.314 e. The summed E-state index contributed by atoms with van der Waals surface area (Å²) in [6, 6.07) is 5.32. The lowest BCUT2D eigenvalue weighted by molar-refractivity contribution is 0.0796. The summed E-state index contributed by atoms with van der Waals surface area (Å²) < 4.78 is 0. The van der Waals surface area contributed by atoms with E-state index >= 15 is 0 Å². The second-order valence-electron chi connectivity index (χ2n) is 5.46. The van der Waals surface area contributed by atoms with Gasteiger partial charge in [0.2, 0.25) is 0 Å². The molecule has 1 aliphatic rings. The van der Waals surface area contributed by atoms with Gasteiger partial charge in [0.25, 0.3) is 0 Å². The maximum Gasteiger partial charge on any atom is 0.0354 e. The molecule has 100 valence electrons. The summed E-state index contributed by atoms with van der Waals surface area (Å²) in [4.78, 5) is 9.06. The molecular formula is C14H24N4. The first kappa shape index (κ1) is 13.5. The van der Waals surface area contributed by atoms with Gasteiger partial charge in [0.15, 0.2) is 0 Å². The topological polar surface area (TPSA) is 31.4 Å². The van der Waals surface area contributed by atoms with E-state index in [0.717, 1.165) is 26.2 Å². The molecule has 1 saturated heterocycles. The standard InChI is InChI=1S/C14H24N4/c1-12-7-16-9-14(11-17(2)3)18(12)10-13-5-4-6-15-8-13/h4-6,8,12,14,16H,7,9-11H2,1-3H3. The Labute approximate surface area is 110 Å². The number of nitrogens with zero attached hydrogens (tertiary/aromatic N) is 3. The van der Waals surface area contributed by atoms with Crippen LogP contribution < -0.4 is 5.32 Å². The van der Waals surface area contributed by atoms with Crippen LogP contribution >= 0.6 is 0 Å². The first-order chi connectivity index (χ1) is 8.66. The third-order valence-corrected chi connectivity index (χ3v) is 3.52. The van der Waals surface area contributed by atoms with Gasteiger partial charge in [-0.15, -0.1) is 0 Å². The first-order valence-corrected chi connectivity index (χ1v) is 6.67. The van der Waals surface area contributed by atoms with Crippen molar-refractivity contribution in [2.45, 2.75) is 25.6 Å². The Balaban J connectivity index is 2.05. The Morgan fingerprint density at radius 2 is 2.28 bits per heavy atom. The van der Waals surface area contributed by atoms with Crippen LogP contribution in [0.1, 0.15) is 12.5 Å². The fourth-order valence-corrected chi connectivity index (χ4v) is 2.63. The van der Waals surface area contributed by atoms with Crippen LogP contribution in [0.2, 0.25) is 0 Å². The van der Waals surface area contributed by atoms with Gasteiger partial charge >= 0.3 is 0 Å². The zero-order valence-electron chi connectivity index (χ0n) is 11.6. The van der Waals surface area contributed by atoms with E-state index < -0.39 is 0 Å². The third kappa shape index (κ3) is 3.51. The molecule has 2 heterocycles. The quantitative estimate of drug-likeness (QED) is 0.854. The molecule has 1 N–H and O–H groups in total. The second-order valence-corrected chi connectivity index (χ2v) is 5.46. The number of aromatic nitrogens is 1. The Kier molecular flexibility index (Phi) is 4.69. The molecule has 0 aromatic carbocycles. The second kappa shape index (κ2) is 6.27. The van der Waals surface area contributed by atoms with Crippen LogP contribution in [0.5, 0.6) is 0 Å². The molecule has 4 nitrogen and oxygen atoms in total. The molecule has 2 rings (SSSR count). The van der Waals surface area contributed by atoms with Gasteiger partial charge in [0.1, 0.15) is 0 Å². The normalized spacial score (nSPS) is 25.6. The van der Waals surface area contributed by atoms with Crippen LogP contribution in [-0.2, 0) is 6.54 Å². The number of rotatable bonds is 4. The third-order valence-electron chi connectivity index (χ3n) is 3.52. The minimum absolute atomic E-state index is 0.573. The molecule has 0 aliphatic carbocycles. The molecule has 1 aromatic rings. The summed E-state index contributed by atoms with van der Waals surface area (Å²) in [7, 11) is 4.28. The van der Waals surface area contributed by atoms with Crippen LogP contribution in [0.3, 0.4) is 0 Å². The van der Waals surface area contributed by atoms with Gasteiger partial charge < -0.3 is 10.2 Å². The average Bonchev–Trinajstić information content (AvgIpc) is 2.34. The van der Waals surface area contributed by atoms with Crippen LogP contribution in [0, 0.1) is 0 Å². The van der Waals surface area contributed by atoms with Gasteiger partial charge in [-0.1, -0.05) is 6.07 Å². The minimum atomic E-state index is 0.573. The molecule has 1 fully saturated rings. The molecule has 0 radical (unpaired) electrons. The van der Waals surface area contributed by atoms with E-state index in [0.29, 0.717) is 12.1 Å². The Morgan fingerprint density at radius 1 is 1.44 bits per heavy atom. The lowest BCUT2D eigenvalue weighted by Gasteiger charge is -2.42. The van der Waals surface area contributed by atoms with Crippen molar-refractivity contribution in [3.63, 3.8) is 0 Å². The Morgan fingerprint density at radius 3 is 2.94 bits per heavy atom. The minimum Gasteiger partial charge on any atom is -0.314 e. The lowest BCUT2D eigenvalue weighted by atomic mass is 10.1. The smallest absolute Gasteiger partial charge is 0.0354 e. The maximum absolute atomic E-state index is 4.21. The van der Waals surface area contributed by atoms with E-state index in [1.165, 1.54) is 5.56 Å². The fourth-order valence-electron chi connectivity index (χ4n) is 2.63. The number of nitrogens with one attached hydrogen (secondary N) is 1. The van der Waals surface area contributed by atoms with E-state index in [-0.39, 0.29) is 0 Å². The Bertz CT molecular complexity index is 352. The molecule has 1 aromatic heterocycles. The summed E-state index contributed by atoms with van der Waals surface area (Å²) in [5.74, 6) is 0. The van der Waals surface area contributed by atoms with Gasteiger partial charge in [0.05, 0.1) is 0 Å². The monoisotopic (exact) mass is 248 g/mol. The van der Waals surface area contributed by atoms with Gasteiger partial charge in [0, 0.05) is 50.7 Å². The number of pyridine rings is 1. The molecule has 0 saturated carbocycles. The van der Waals surface area contributed by atoms with Crippen molar-refractivity contribution in [1.82, 2.24) is 20.1 Å². The predicted octanol–water partition coefficient (Wildman–Crippen LogP) is 0.805. The number of piperazine rings is 1. The summed E-state index contributed by atoms with van der Waals surface area (Å²) in [5, 5.41) is 3.52. The van der Waals surface area contributed by atoms with Crippen molar-refractivity contribution in [3.05, 3.63) is 30.1 Å². The molecule has 0 bridgehead atoms. The maximum atomic E-state index is 4.21. The highest BCUT2D eigenvalue weighted by atomic mass is 15.3. The van der Waals surface area contributed by atoms with Crippen molar-refractivity contribution in [2.24, 2.45) is 0 Å². The van der Waals surface area contributed by atoms with E-state index in [1.807, 2.05) is 18.5 Å². The van der Waals surface area contributed by atoms with Gasteiger partial charge in [-0.3, -0.25) is 9.88 Å². The number of likely N-dealkylation sites (N-methyl/N-ethyl adjacent to an activating group) is 1. The summed E-state index contributed by atoms with van der Waals surface area (Å²) >= 11 is 0. The van der Waals surface area contributed by atoms with Gasteiger partial charge in [-0.2, -0.15) is 0 Å². The molecule has 0 amide bonds. The highest BCUT2D eigenvalue weighted by molar-refractivity contribution is 5.09. The Hall–Kier alpha value is -0.970. The molecule has 4 heteroatoms. The zero-order chi connectivity index (χ0) is 13.0. The highest BCUT2D eigenvalue weighted by Gasteiger charge is 2.27. The van der Waals surface area contributed by atoms with Crippen LogP contribution in [-0.4, -0.2) is 60.6 Å². The van der Waals surface area contributed by atoms with E-state index in [4.69, 9.17) is 0 Å². The number of hydrogen-bond acceptors (Lipinski definition) is 4. The van der Waals surface area contributed by atoms with Crippen LogP contribution in [0.25, 0.3) is 0 Å².